The number of nitrogens with one attached hydrogen (secondary N) is 2. The molecule has 8 heteroatoms. The number of benzene rings is 2. The quantitative estimate of drug-likeness (QED) is 0.462. The maximum absolute atomic E-state index is 12.8. The van der Waals surface area contributed by atoms with Gasteiger partial charge in [-0.05, 0) is 57.0 Å². The smallest absolute Gasteiger partial charge is 0.237 e. The monoisotopic (exact) mass is 443 g/mol. The summed E-state index contributed by atoms with van der Waals surface area (Å²) in [5.41, 5.74) is 3.89. The molecule has 0 bridgehead atoms. The zero-order valence-corrected chi connectivity index (χ0v) is 19.1. The van der Waals surface area contributed by atoms with Crippen molar-refractivity contribution in [3.05, 3.63) is 64.4 Å². The van der Waals surface area contributed by atoms with Crippen molar-refractivity contribution in [3.8, 4) is 0 Å². The van der Waals surface area contributed by atoms with E-state index in [1.165, 1.54) is 11.8 Å². The SMILES string of the molecule is CCn1c(CNc2cccc(Cl)c2)nnc1S[C@H](C)C(=O)Nc1c(C)cccc1C. The van der Waals surface area contributed by atoms with E-state index in [1.807, 2.05) is 74.7 Å². The summed E-state index contributed by atoms with van der Waals surface area (Å²) in [6, 6.07) is 13.5. The Kier molecular flexibility index (Phi) is 7.39. The fourth-order valence-electron chi connectivity index (χ4n) is 3.08. The lowest BCUT2D eigenvalue weighted by atomic mass is 10.1. The zero-order chi connectivity index (χ0) is 21.7. The van der Waals surface area contributed by atoms with Gasteiger partial charge >= 0.3 is 0 Å². The molecule has 1 aromatic heterocycles. The van der Waals surface area contributed by atoms with Gasteiger partial charge in [-0.1, -0.05) is 47.6 Å². The van der Waals surface area contributed by atoms with Crippen LogP contribution in [0.5, 0.6) is 0 Å². The molecule has 2 N–H and O–H groups in total. The van der Waals surface area contributed by atoms with Gasteiger partial charge in [0.25, 0.3) is 0 Å². The summed E-state index contributed by atoms with van der Waals surface area (Å²) in [4.78, 5) is 12.8. The van der Waals surface area contributed by atoms with Crippen LogP contribution >= 0.6 is 23.4 Å². The van der Waals surface area contributed by atoms with Crippen LogP contribution in [0.3, 0.4) is 0 Å². The van der Waals surface area contributed by atoms with Crippen LogP contribution in [-0.2, 0) is 17.9 Å². The van der Waals surface area contributed by atoms with Crippen molar-refractivity contribution in [1.29, 1.82) is 0 Å². The fourth-order valence-corrected chi connectivity index (χ4v) is 4.20. The van der Waals surface area contributed by atoms with Crippen molar-refractivity contribution in [3.63, 3.8) is 0 Å². The molecule has 0 radical (unpaired) electrons. The van der Waals surface area contributed by atoms with Crippen LogP contribution in [0, 0.1) is 13.8 Å². The predicted octanol–water partition coefficient (Wildman–Crippen LogP) is 5.30. The van der Waals surface area contributed by atoms with E-state index in [9.17, 15) is 4.79 Å². The van der Waals surface area contributed by atoms with Crippen molar-refractivity contribution >= 4 is 40.6 Å². The molecule has 30 heavy (non-hydrogen) atoms. The van der Waals surface area contributed by atoms with E-state index in [0.717, 1.165) is 33.5 Å². The lowest BCUT2D eigenvalue weighted by Gasteiger charge is -2.15. The largest absolute Gasteiger partial charge is 0.378 e. The number of rotatable bonds is 8. The van der Waals surface area contributed by atoms with Gasteiger partial charge in [0, 0.05) is 22.9 Å². The lowest BCUT2D eigenvalue weighted by Crippen LogP contribution is -2.24. The molecule has 158 valence electrons. The molecule has 3 aromatic rings. The predicted molar refractivity (Wildman–Crippen MR) is 124 cm³/mol. The minimum Gasteiger partial charge on any atom is -0.378 e. The Balaban J connectivity index is 1.66. The third kappa shape index (κ3) is 5.34. The minimum atomic E-state index is -0.313. The fraction of sp³-hybridized carbons (Fsp3) is 0.318. The summed E-state index contributed by atoms with van der Waals surface area (Å²) in [5.74, 6) is 0.754. The number of carbonyl (C=O) groups is 1. The molecule has 0 saturated heterocycles. The Morgan fingerprint density at radius 3 is 2.53 bits per heavy atom. The molecule has 1 atom stereocenters. The van der Waals surface area contributed by atoms with E-state index in [-0.39, 0.29) is 11.2 Å². The van der Waals surface area contributed by atoms with Gasteiger partial charge in [-0.2, -0.15) is 0 Å². The number of hydrogen-bond donors (Lipinski definition) is 2. The van der Waals surface area contributed by atoms with Gasteiger partial charge in [0.15, 0.2) is 11.0 Å². The Labute approximate surface area is 186 Å². The van der Waals surface area contributed by atoms with Crippen molar-refractivity contribution in [2.75, 3.05) is 10.6 Å². The zero-order valence-electron chi connectivity index (χ0n) is 17.6. The van der Waals surface area contributed by atoms with E-state index >= 15 is 0 Å². The first-order chi connectivity index (χ1) is 14.4. The molecule has 1 amide bonds. The molecule has 2 aromatic carbocycles. The topological polar surface area (TPSA) is 71.8 Å². The van der Waals surface area contributed by atoms with Crippen LogP contribution in [0.2, 0.25) is 5.02 Å². The number of anilines is 2. The lowest BCUT2D eigenvalue weighted by molar-refractivity contribution is -0.115. The number of hydrogen-bond acceptors (Lipinski definition) is 5. The maximum Gasteiger partial charge on any atom is 0.237 e. The molecule has 0 fully saturated rings. The summed E-state index contributed by atoms with van der Waals surface area (Å²) in [6.07, 6.45) is 0. The summed E-state index contributed by atoms with van der Waals surface area (Å²) in [6.45, 7) is 9.14. The standard InChI is InChI=1S/C22H26ClN5OS/c1-5-28-19(13-24-18-11-7-10-17(23)12-18)26-27-22(28)30-16(4)21(29)25-20-14(2)8-6-9-15(20)3/h6-12,16,24H,5,13H2,1-4H3,(H,25,29)/t16-/m1/s1. The molecular formula is C22H26ClN5OS. The van der Waals surface area contributed by atoms with Crippen LogP contribution in [0.4, 0.5) is 11.4 Å². The molecule has 0 aliphatic carbocycles. The van der Waals surface area contributed by atoms with Gasteiger partial charge in [0.05, 0.1) is 11.8 Å². The second-order valence-electron chi connectivity index (χ2n) is 7.02. The number of amides is 1. The number of aromatic nitrogens is 3. The molecule has 0 saturated carbocycles. The van der Waals surface area contributed by atoms with Crippen LogP contribution < -0.4 is 10.6 Å². The van der Waals surface area contributed by atoms with Crippen LogP contribution in [0.15, 0.2) is 47.6 Å². The second kappa shape index (κ2) is 10.00. The molecule has 0 unspecified atom stereocenters. The van der Waals surface area contributed by atoms with E-state index in [1.54, 1.807) is 0 Å². The summed E-state index contributed by atoms with van der Waals surface area (Å²) < 4.78 is 2.02. The number of nitrogens with zero attached hydrogens (tertiary/aromatic N) is 3. The van der Waals surface area contributed by atoms with Gasteiger partial charge in [0.1, 0.15) is 0 Å². The van der Waals surface area contributed by atoms with Crippen molar-refractivity contribution in [1.82, 2.24) is 14.8 Å². The van der Waals surface area contributed by atoms with Gasteiger partial charge in [0.2, 0.25) is 5.91 Å². The Morgan fingerprint density at radius 2 is 1.87 bits per heavy atom. The number of halogens is 1. The van der Waals surface area contributed by atoms with Gasteiger partial charge in [-0.25, -0.2) is 0 Å². The molecular weight excluding hydrogens is 418 g/mol. The summed E-state index contributed by atoms with van der Waals surface area (Å²) in [5, 5.41) is 16.1. The first-order valence-corrected chi connectivity index (χ1v) is 11.1. The van der Waals surface area contributed by atoms with Crippen molar-refractivity contribution in [2.24, 2.45) is 0 Å². The summed E-state index contributed by atoms with van der Waals surface area (Å²) >= 11 is 7.45. The highest BCUT2D eigenvalue weighted by molar-refractivity contribution is 8.00. The molecule has 0 aliphatic rings. The normalized spacial score (nSPS) is 11.9. The third-order valence-corrected chi connectivity index (χ3v) is 6.08. The average molecular weight is 444 g/mol. The van der Waals surface area contributed by atoms with Gasteiger partial charge in [-0.15, -0.1) is 10.2 Å². The first-order valence-electron chi connectivity index (χ1n) is 9.84. The highest BCUT2D eigenvalue weighted by Crippen LogP contribution is 2.26. The van der Waals surface area contributed by atoms with E-state index in [0.29, 0.717) is 18.1 Å². The van der Waals surface area contributed by atoms with Crippen molar-refractivity contribution in [2.45, 2.75) is 51.2 Å². The molecule has 1 heterocycles. The molecule has 0 aliphatic heterocycles. The average Bonchev–Trinajstić information content (AvgIpc) is 3.10. The van der Waals surface area contributed by atoms with Gasteiger partial charge in [-0.3, -0.25) is 4.79 Å². The molecule has 3 rings (SSSR count). The first kappa shape index (κ1) is 22.2. The second-order valence-corrected chi connectivity index (χ2v) is 8.77. The number of carbonyl (C=O) groups excluding carboxylic acids is 1. The van der Waals surface area contributed by atoms with Crippen LogP contribution in [-0.4, -0.2) is 25.9 Å². The van der Waals surface area contributed by atoms with Crippen LogP contribution in [0.25, 0.3) is 0 Å². The summed E-state index contributed by atoms with van der Waals surface area (Å²) in [7, 11) is 0. The molecule has 6 nitrogen and oxygen atoms in total. The number of aryl methyl sites for hydroxylation is 2. The van der Waals surface area contributed by atoms with E-state index in [4.69, 9.17) is 11.6 Å². The Bertz CT molecular complexity index is 1020. The minimum absolute atomic E-state index is 0.0540. The Morgan fingerprint density at radius 1 is 1.17 bits per heavy atom. The van der Waals surface area contributed by atoms with Gasteiger partial charge < -0.3 is 15.2 Å². The molecule has 0 spiro atoms. The maximum atomic E-state index is 12.8. The van der Waals surface area contributed by atoms with E-state index in [2.05, 4.69) is 20.8 Å². The number of para-hydroxylation sites is 1. The number of thioether (sulfide) groups is 1. The van der Waals surface area contributed by atoms with Crippen LogP contribution in [0.1, 0.15) is 30.8 Å². The van der Waals surface area contributed by atoms with Crippen molar-refractivity contribution < 1.29 is 4.79 Å². The highest BCUT2D eigenvalue weighted by Gasteiger charge is 2.20. The van der Waals surface area contributed by atoms with E-state index < -0.39 is 0 Å². The third-order valence-electron chi connectivity index (χ3n) is 4.77. The highest BCUT2D eigenvalue weighted by atomic mass is 35.5. The Hall–Kier alpha value is -2.51.